The van der Waals surface area contributed by atoms with Crippen LogP contribution in [0.3, 0.4) is 0 Å². The highest BCUT2D eigenvalue weighted by Crippen LogP contribution is 2.16. The maximum atomic E-state index is 5.92. The highest BCUT2D eigenvalue weighted by molar-refractivity contribution is 6.28. The van der Waals surface area contributed by atoms with Gasteiger partial charge in [0, 0.05) is 26.2 Å². The van der Waals surface area contributed by atoms with Crippen LogP contribution in [0.25, 0.3) is 0 Å². The van der Waals surface area contributed by atoms with Crippen molar-refractivity contribution < 1.29 is 4.74 Å². The molecule has 0 unspecified atom stereocenters. The summed E-state index contributed by atoms with van der Waals surface area (Å²) in [7, 11) is 1.69. The van der Waals surface area contributed by atoms with E-state index >= 15 is 0 Å². The maximum absolute atomic E-state index is 5.92. The summed E-state index contributed by atoms with van der Waals surface area (Å²) < 4.78 is 6.92. The second kappa shape index (κ2) is 5.32. The zero-order valence-corrected chi connectivity index (χ0v) is 9.58. The van der Waals surface area contributed by atoms with Crippen LogP contribution in [0.1, 0.15) is 32.0 Å². The van der Waals surface area contributed by atoms with E-state index in [0.717, 1.165) is 25.4 Å². The predicted molar refractivity (Wildman–Crippen MR) is 55.6 cm³/mol. The third kappa shape index (κ3) is 2.69. The second-order valence-electron chi connectivity index (χ2n) is 3.48. The van der Waals surface area contributed by atoms with Gasteiger partial charge in [0.2, 0.25) is 5.28 Å². The first-order chi connectivity index (χ1) is 6.66. The fourth-order valence-corrected chi connectivity index (χ4v) is 1.50. The molecule has 5 heteroatoms. The van der Waals surface area contributed by atoms with Crippen molar-refractivity contribution in [3.63, 3.8) is 0 Å². The monoisotopic (exact) mass is 217 g/mol. The summed E-state index contributed by atoms with van der Waals surface area (Å²) in [6, 6.07) is 0. The summed E-state index contributed by atoms with van der Waals surface area (Å²) in [6.07, 6.45) is 0.925. The van der Waals surface area contributed by atoms with Crippen LogP contribution in [0.5, 0.6) is 0 Å². The summed E-state index contributed by atoms with van der Waals surface area (Å²) in [5.41, 5.74) is 0. The van der Waals surface area contributed by atoms with E-state index in [-0.39, 0.29) is 0 Å². The zero-order chi connectivity index (χ0) is 10.6. The van der Waals surface area contributed by atoms with Gasteiger partial charge < -0.3 is 9.30 Å². The first-order valence-corrected chi connectivity index (χ1v) is 5.12. The van der Waals surface area contributed by atoms with E-state index in [1.54, 1.807) is 7.11 Å². The molecule has 0 saturated carbocycles. The SMILES string of the molecule is COCCCn1c(Cl)nnc1C(C)C. The molecule has 0 radical (unpaired) electrons. The van der Waals surface area contributed by atoms with Crippen LogP contribution in [0, 0.1) is 0 Å². The Morgan fingerprint density at radius 3 is 2.71 bits per heavy atom. The Kier molecular flexibility index (Phi) is 4.35. The van der Waals surface area contributed by atoms with Crippen molar-refractivity contribution in [3.05, 3.63) is 11.1 Å². The van der Waals surface area contributed by atoms with Crippen LogP contribution in [0.4, 0.5) is 0 Å². The summed E-state index contributed by atoms with van der Waals surface area (Å²) in [6.45, 7) is 5.69. The molecule has 0 saturated heterocycles. The molecule has 1 heterocycles. The van der Waals surface area contributed by atoms with Gasteiger partial charge in [-0.2, -0.15) is 0 Å². The number of hydrogen-bond acceptors (Lipinski definition) is 3. The van der Waals surface area contributed by atoms with E-state index in [1.807, 2.05) is 4.57 Å². The maximum Gasteiger partial charge on any atom is 0.225 e. The van der Waals surface area contributed by atoms with Crippen LogP contribution in [-0.2, 0) is 11.3 Å². The van der Waals surface area contributed by atoms with E-state index in [1.165, 1.54) is 0 Å². The van der Waals surface area contributed by atoms with Gasteiger partial charge in [-0.25, -0.2) is 0 Å². The van der Waals surface area contributed by atoms with E-state index in [9.17, 15) is 0 Å². The molecule has 0 aliphatic carbocycles. The minimum atomic E-state index is 0.345. The van der Waals surface area contributed by atoms with Crippen molar-refractivity contribution in [2.45, 2.75) is 32.7 Å². The van der Waals surface area contributed by atoms with Crippen molar-refractivity contribution in [3.8, 4) is 0 Å². The molecule has 0 spiro atoms. The van der Waals surface area contributed by atoms with Crippen molar-refractivity contribution in [1.82, 2.24) is 14.8 Å². The predicted octanol–water partition coefficient (Wildman–Crippen LogP) is 2.09. The summed E-state index contributed by atoms with van der Waals surface area (Å²) >= 11 is 5.92. The average Bonchev–Trinajstić information content (AvgIpc) is 2.48. The van der Waals surface area contributed by atoms with E-state index < -0.39 is 0 Å². The minimum Gasteiger partial charge on any atom is -0.385 e. The Morgan fingerprint density at radius 2 is 2.14 bits per heavy atom. The van der Waals surface area contributed by atoms with Crippen molar-refractivity contribution in [2.75, 3.05) is 13.7 Å². The lowest BCUT2D eigenvalue weighted by molar-refractivity contribution is 0.190. The molecule has 0 aromatic carbocycles. The molecule has 0 amide bonds. The van der Waals surface area contributed by atoms with Crippen LogP contribution >= 0.6 is 11.6 Å². The molecular weight excluding hydrogens is 202 g/mol. The molecule has 0 fully saturated rings. The highest BCUT2D eigenvalue weighted by Gasteiger charge is 2.12. The number of rotatable bonds is 5. The minimum absolute atomic E-state index is 0.345. The van der Waals surface area contributed by atoms with Gasteiger partial charge in [0.05, 0.1) is 0 Å². The largest absolute Gasteiger partial charge is 0.385 e. The lowest BCUT2D eigenvalue weighted by Gasteiger charge is -2.09. The third-order valence-corrected chi connectivity index (χ3v) is 2.26. The van der Waals surface area contributed by atoms with Crippen molar-refractivity contribution >= 4 is 11.6 Å². The number of methoxy groups -OCH3 is 1. The normalized spacial score (nSPS) is 11.2. The molecule has 14 heavy (non-hydrogen) atoms. The van der Waals surface area contributed by atoms with Gasteiger partial charge in [0.1, 0.15) is 5.82 Å². The molecule has 4 nitrogen and oxygen atoms in total. The number of hydrogen-bond donors (Lipinski definition) is 0. The Labute approximate surface area is 89.2 Å². The molecule has 80 valence electrons. The Hall–Kier alpha value is -0.610. The Bertz CT molecular complexity index is 286. The molecular formula is C9H16ClN3O. The number of halogens is 1. The lowest BCUT2D eigenvalue weighted by atomic mass is 10.2. The van der Waals surface area contributed by atoms with Gasteiger partial charge in [-0.15, -0.1) is 10.2 Å². The molecule has 1 aromatic rings. The zero-order valence-electron chi connectivity index (χ0n) is 8.83. The summed E-state index contributed by atoms with van der Waals surface area (Å²) in [5, 5.41) is 8.35. The van der Waals surface area contributed by atoms with Gasteiger partial charge in [0.25, 0.3) is 0 Å². The molecule has 0 bridgehead atoms. The first-order valence-electron chi connectivity index (χ1n) is 4.74. The molecule has 0 N–H and O–H groups in total. The lowest BCUT2D eigenvalue weighted by Crippen LogP contribution is -2.07. The Morgan fingerprint density at radius 1 is 1.43 bits per heavy atom. The fraction of sp³-hybridized carbons (Fsp3) is 0.778. The summed E-state index contributed by atoms with van der Waals surface area (Å²) in [5.74, 6) is 1.28. The van der Waals surface area contributed by atoms with Crippen molar-refractivity contribution in [2.24, 2.45) is 0 Å². The highest BCUT2D eigenvalue weighted by atomic mass is 35.5. The van der Waals surface area contributed by atoms with Gasteiger partial charge in [-0.3, -0.25) is 0 Å². The van der Waals surface area contributed by atoms with Crippen LogP contribution in [0.2, 0.25) is 5.28 Å². The number of nitrogens with zero attached hydrogens (tertiary/aromatic N) is 3. The van der Waals surface area contributed by atoms with Gasteiger partial charge in [-0.1, -0.05) is 13.8 Å². The molecule has 0 aliphatic heterocycles. The van der Waals surface area contributed by atoms with Gasteiger partial charge in [0.15, 0.2) is 0 Å². The van der Waals surface area contributed by atoms with Crippen LogP contribution in [-0.4, -0.2) is 28.5 Å². The van der Waals surface area contributed by atoms with Crippen LogP contribution < -0.4 is 0 Å². The summed E-state index contributed by atoms with van der Waals surface area (Å²) in [4.78, 5) is 0. The quantitative estimate of drug-likeness (QED) is 0.710. The van der Waals surface area contributed by atoms with Crippen molar-refractivity contribution in [1.29, 1.82) is 0 Å². The Balaban J connectivity index is 2.67. The topological polar surface area (TPSA) is 39.9 Å². The van der Waals surface area contributed by atoms with Gasteiger partial charge in [-0.05, 0) is 18.0 Å². The molecule has 0 aliphatic rings. The third-order valence-electron chi connectivity index (χ3n) is 1.98. The van der Waals surface area contributed by atoms with E-state index in [0.29, 0.717) is 11.2 Å². The van der Waals surface area contributed by atoms with Gasteiger partial charge >= 0.3 is 0 Å². The van der Waals surface area contributed by atoms with Crippen LogP contribution in [0.15, 0.2) is 0 Å². The second-order valence-corrected chi connectivity index (χ2v) is 3.82. The fourth-order valence-electron chi connectivity index (χ4n) is 1.30. The number of ether oxygens (including phenoxy) is 1. The standard InChI is InChI=1S/C9H16ClN3O/c1-7(2)8-11-12-9(10)13(8)5-4-6-14-3/h7H,4-6H2,1-3H3. The average molecular weight is 218 g/mol. The molecule has 1 aromatic heterocycles. The van der Waals surface area contributed by atoms with E-state index in [2.05, 4.69) is 24.0 Å². The first kappa shape index (κ1) is 11.5. The smallest absolute Gasteiger partial charge is 0.225 e. The molecule has 0 atom stereocenters. The molecule has 1 rings (SSSR count). The van der Waals surface area contributed by atoms with E-state index in [4.69, 9.17) is 16.3 Å². The number of aromatic nitrogens is 3.